The fraction of sp³-hybridized carbons (Fsp3) is 0.455. The van der Waals surface area contributed by atoms with Gasteiger partial charge in [-0.05, 0) is 37.1 Å². The summed E-state index contributed by atoms with van der Waals surface area (Å²) in [4.78, 5) is 13.5. The lowest BCUT2D eigenvalue weighted by Crippen LogP contribution is -2.52. The SMILES string of the molecule is CCNC(=NCCS(=O)(=O)N1CCc2ccccc21)N1CCN(c2ccccn2)CC1. The predicted octanol–water partition coefficient (Wildman–Crippen LogP) is 1.56. The molecule has 0 unspecified atom stereocenters. The zero-order valence-electron chi connectivity index (χ0n) is 17.9. The highest BCUT2D eigenvalue weighted by molar-refractivity contribution is 7.92. The van der Waals surface area contributed by atoms with Crippen LogP contribution in [0, 0.1) is 0 Å². The van der Waals surface area contributed by atoms with Gasteiger partial charge in [-0.3, -0.25) is 9.30 Å². The second kappa shape index (κ2) is 9.55. The Balaban J connectivity index is 1.36. The van der Waals surface area contributed by atoms with Crippen molar-refractivity contribution in [2.75, 3.05) is 60.8 Å². The Morgan fingerprint density at radius 3 is 2.58 bits per heavy atom. The quantitative estimate of drug-likeness (QED) is 0.540. The second-order valence-electron chi connectivity index (χ2n) is 7.66. The van der Waals surface area contributed by atoms with Crippen molar-refractivity contribution in [1.82, 2.24) is 15.2 Å². The van der Waals surface area contributed by atoms with Crippen molar-refractivity contribution in [3.63, 3.8) is 0 Å². The van der Waals surface area contributed by atoms with E-state index in [0.717, 1.165) is 62.2 Å². The van der Waals surface area contributed by atoms with Gasteiger partial charge in [0.1, 0.15) is 5.82 Å². The van der Waals surface area contributed by atoms with E-state index in [4.69, 9.17) is 0 Å². The number of guanidine groups is 1. The number of nitrogens with zero attached hydrogens (tertiary/aromatic N) is 5. The Labute approximate surface area is 184 Å². The summed E-state index contributed by atoms with van der Waals surface area (Å²) in [6, 6.07) is 13.7. The molecule has 1 aromatic heterocycles. The first kappa shape index (κ1) is 21.4. The molecule has 0 bridgehead atoms. The molecule has 1 fully saturated rings. The van der Waals surface area contributed by atoms with E-state index in [9.17, 15) is 8.42 Å². The highest BCUT2D eigenvalue weighted by atomic mass is 32.2. The van der Waals surface area contributed by atoms with Crippen LogP contribution in [0.4, 0.5) is 11.5 Å². The van der Waals surface area contributed by atoms with E-state index in [-0.39, 0.29) is 12.3 Å². The standard InChI is InChI=1S/C22H30N6O2S/c1-2-23-22(27-16-14-26(15-17-27)21-9-5-6-11-24-21)25-12-18-31(29,30)28-13-10-19-7-3-4-8-20(19)28/h3-9,11H,2,10,12-18H2,1H3,(H,23,25). The molecule has 166 valence electrons. The van der Waals surface area contributed by atoms with Crippen molar-refractivity contribution in [2.45, 2.75) is 13.3 Å². The molecule has 0 amide bonds. The van der Waals surface area contributed by atoms with Crippen LogP contribution in [0.2, 0.25) is 0 Å². The van der Waals surface area contributed by atoms with Crippen LogP contribution >= 0.6 is 0 Å². The minimum Gasteiger partial charge on any atom is -0.357 e. The number of benzene rings is 1. The van der Waals surface area contributed by atoms with Gasteiger partial charge in [0.25, 0.3) is 0 Å². The summed E-state index contributed by atoms with van der Waals surface area (Å²) in [5, 5.41) is 3.31. The first-order valence-corrected chi connectivity index (χ1v) is 12.5. The highest BCUT2D eigenvalue weighted by Gasteiger charge is 2.29. The number of hydrogen-bond donors (Lipinski definition) is 1. The van der Waals surface area contributed by atoms with Gasteiger partial charge in [-0.2, -0.15) is 0 Å². The number of rotatable bonds is 6. The largest absolute Gasteiger partial charge is 0.357 e. The summed E-state index contributed by atoms with van der Waals surface area (Å²) >= 11 is 0. The number of fused-ring (bicyclic) bond motifs is 1. The van der Waals surface area contributed by atoms with E-state index in [1.54, 1.807) is 0 Å². The number of piperazine rings is 1. The van der Waals surface area contributed by atoms with Gasteiger partial charge in [0.15, 0.2) is 5.96 Å². The van der Waals surface area contributed by atoms with Gasteiger partial charge in [-0.15, -0.1) is 0 Å². The van der Waals surface area contributed by atoms with Crippen LogP contribution in [0.1, 0.15) is 12.5 Å². The number of nitrogens with one attached hydrogen (secondary N) is 1. The molecule has 0 spiro atoms. The Morgan fingerprint density at radius 2 is 1.84 bits per heavy atom. The number of sulfonamides is 1. The molecule has 3 heterocycles. The molecule has 1 saturated heterocycles. The molecule has 2 aliphatic rings. The van der Waals surface area contributed by atoms with Crippen LogP contribution in [0.15, 0.2) is 53.7 Å². The number of aliphatic imine (C=N–C) groups is 1. The van der Waals surface area contributed by atoms with Gasteiger partial charge >= 0.3 is 0 Å². The van der Waals surface area contributed by atoms with Gasteiger partial charge in [0.2, 0.25) is 10.0 Å². The Kier molecular flexibility index (Phi) is 6.60. The van der Waals surface area contributed by atoms with Crippen molar-refractivity contribution < 1.29 is 8.42 Å². The normalized spacial score (nSPS) is 17.1. The molecular formula is C22H30N6O2S. The zero-order chi connectivity index (χ0) is 21.7. The van der Waals surface area contributed by atoms with Crippen LogP contribution in [0.25, 0.3) is 0 Å². The molecule has 1 aromatic carbocycles. The lowest BCUT2D eigenvalue weighted by Gasteiger charge is -2.37. The summed E-state index contributed by atoms with van der Waals surface area (Å²) in [6.07, 6.45) is 2.58. The average molecular weight is 443 g/mol. The molecule has 2 aromatic rings. The zero-order valence-corrected chi connectivity index (χ0v) is 18.8. The van der Waals surface area contributed by atoms with Gasteiger partial charge in [0, 0.05) is 45.5 Å². The smallest absolute Gasteiger partial charge is 0.237 e. The third-order valence-electron chi connectivity index (χ3n) is 5.68. The molecule has 9 heteroatoms. The Hall–Kier alpha value is -2.81. The molecule has 0 aliphatic carbocycles. The maximum atomic E-state index is 12.9. The van der Waals surface area contributed by atoms with Crippen LogP contribution in [-0.4, -0.2) is 75.8 Å². The van der Waals surface area contributed by atoms with Crippen molar-refractivity contribution in [1.29, 1.82) is 0 Å². The summed E-state index contributed by atoms with van der Waals surface area (Å²) < 4.78 is 27.4. The molecule has 0 saturated carbocycles. The Bertz CT molecular complexity index is 1000. The molecular weight excluding hydrogens is 412 g/mol. The summed E-state index contributed by atoms with van der Waals surface area (Å²) in [5.74, 6) is 1.77. The van der Waals surface area contributed by atoms with Crippen molar-refractivity contribution in [3.8, 4) is 0 Å². The number of para-hydroxylation sites is 1. The van der Waals surface area contributed by atoms with Crippen molar-refractivity contribution >= 4 is 27.5 Å². The minimum absolute atomic E-state index is 0.00410. The van der Waals surface area contributed by atoms with Gasteiger partial charge in [-0.1, -0.05) is 24.3 Å². The number of hydrogen-bond acceptors (Lipinski definition) is 5. The molecule has 1 N–H and O–H groups in total. The van der Waals surface area contributed by atoms with E-state index in [0.29, 0.717) is 6.54 Å². The molecule has 31 heavy (non-hydrogen) atoms. The predicted molar refractivity (Wildman–Crippen MR) is 125 cm³/mol. The van der Waals surface area contributed by atoms with Gasteiger partial charge in [0.05, 0.1) is 18.0 Å². The number of aromatic nitrogens is 1. The highest BCUT2D eigenvalue weighted by Crippen LogP contribution is 2.29. The van der Waals surface area contributed by atoms with E-state index in [1.165, 1.54) is 4.31 Å². The van der Waals surface area contributed by atoms with Crippen LogP contribution < -0.4 is 14.5 Å². The van der Waals surface area contributed by atoms with Gasteiger partial charge in [-0.25, -0.2) is 13.4 Å². The Morgan fingerprint density at radius 1 is 1.06 bits per heavy atom. The molecule has 4 rings (SSSR count). The lowest BCUT2D eigenvalue weighted by atomic mass is 10.2. The maximum Gasteiger partial charge on any atom is 0.237 e. The van der Waals surface area contributed by atoms with E-state index < -0.39 is 10.0 Å². The van der Waals surface area contributed by atoms with Crippen LogP contribution in [0.3, 0.4) is 0 Å². The van der Waals surface area contributed by atoms with E-state index >= 15 is 0 Å². The molecule has 8 nitrogen and oxygen atoms in total. The fourth-order valence-electron chi connectivity index (χ4n) is 4.09. The third-order valence-corrected chi connectivity index (χ3v) is 7.43. The van der Waals surface area contributed by atoms with E-state index in [2.05, 4.69) is 25.1 Å². The topological polar surface area (TPSA) is 81.1 Å². The minimum atomic E-state index is -3.40. The van der Waals surface area contributed by atoms with E-state index in [1.807, 2.05) is 55.6 Å². The monoisotopic (exact) mass is 442 g/mol. The van der Waals surface area contributed by atoms with Crippen LogP contribution in [0.5, 0.6) is 0 Å². The molecule has 0 radical (unpaired) electrons. The third kappa shape index (κ3) is 4.92. The molecule has 2 aliphatic heterocycles. The summed E-state index contributed by atoms with van der Waals surface area (Å²) in [6.45, 7) is 6.85. The van der Waals surface area contributed by atoms with Crippen LogP contribution in [-0.2, 0) is 16.4 Å². The first-order chi connectivity index (χ1) is 15.1. The summed E-state index contributed by atoms with van der Waals surface area (Å²) in [5.41, 5.74) is 1.90. The summed E-state index contributed by atoms with van der Waals surface area (Å²) in [7, 11) is -3.40. The number of pyridine rings is 1. The second-order valence-corrected chi connectivity index (χ2v) is 9.68. The fourth-order valence-corrected chi connectivity index (χ4v) is 5.48. The lowest BCUT2D eigenvalue weighted by molar-refractivity contribution is 0.372. The van der Waals surface area contributed by atoms with Crippen molar-refractivity contribution in [2.24, 2.45) is 4.99 Å². The van der Waals surface area contributed by atoms with Gasteiger partial charge < -0.3 is 15.1 Å². The average Bonchev–Trinajstić information content (AvgIpc) is 3.24. The number of anilines is 2. The molecule has 0 atom stereocenters. The van der Waals surface area contributed by atoms with Crippen molar-refractivity contribution in [3.05, 3.63) is 54.2 Å². The first-order valence-electron chi connectivity index (χ1n) is 10.9. The maximum absolute atomic E-state index is 12.9.